The summed E-state index contributed by atoms with van der Waals surface area (Å²) in [5.74, 6) is -1.75. The van der Waals surface area contributed by atoms with Crippen molar-refractivity contribution >= 4 is 11.9 Å². The van der Waals surface area contributed by atoms with Crippen LogP contribution in [0.2, 0.25) is 0 Å². The maximum Gasteiger partial charge on any atom is 0.331 e. The van der Waals surface area contributed by atoms with Gasteiger partial charge in [-0.05, 0) is 12.8 Å². The maximum atomic E-state index is 11.7. The number of ether oxygens (including phenoxy) is 1. The van der Waals surface area contributed by atoms with E-state index in [1.165, 1.54) is 18.9 Å². The summed E-state index contributed by atoms with van der Waals surface area (Å²) in [6.45, 7) is 2.57. The summed E-state index contributed by atoms with van der Waals surface area (Å²) < 4.78 is 5.69. The SMILES string of the molecule is CCCCC/C=C\C=C\C(=O)O[C@@H](CC(=O)[O-])C[N+](C)(C)C. The van der Waals surface area contributed by atoms with Gasteiger partial charge < -0.3 is 19.1 Å². The maximum absolute atomic E-state index is 11.7. The number of unbranched alkanes of at least 4 members (excludes halogenated alkanes) is 3. The first-order chi connectivity index (χ1) is 10.2. The van der Waals surface area contributed by atoms with Crippen molar-refractivity contribution in [3.8, 4) is 0 Å². The van der Waals surface area contributed by atoms with E-state index >= 15 is 0 Å². The fourth-order valence-electron chi connectivity index (χ4n) is 1.96. The number of likely N-dealkylation sites (N-methyl/N-ethyl adjacent to an activating group) is 1. The number of carbonyl (C=O) groups excluding carboxylic acids is 2. The Balaban J connectivity index is 4.29. The van der Waals surface area contributed by atoms with Crippen molar-refractivity contribution in [2.45, 2.75) is 45.1 Å². The van der Waals surface area contributed by atoms with E-state index in [2.05, 4.69) is 6.92 Å². The van der Waals surface area contributed by atoms with Crippen molar-refractivity contribution in [2.75, 3.05) is 27.7 Å². The minimum Gasteiger partial charge on any atom is -0.550 e. The van der Waals surface area contributed by atoms with E-state index in [0.29, 0.717) is 11.0 Å². The number of esters is 1. The first kappa shape index (κ1) is 20.4. The molecule has 0 saturated heterocycles. The van der Waals surface area contributed by atoms with E-state index in [4.69, 9.17) is 4.74 Å². The molecule has 22 heavy (non-hydrogen) atoms. The van der Waals surface area contributed by atoms with Crippen molar-refractivity contribution in [1.29, 1.82) is 0 Å². The van der Waals surface area contributed by atoms with Gasteiger partial charge in [0, 0.05) is 18.5 Å². The molecule has 0 radical (unpaired) electrons. The molecule has 0 spiro atoms. The highest BCUT2D eigenvalue weighted by atomic mass is 16.5. The van der Waals surface area contributed by atoms with Crippen LogP contribution in [0.15, 0.2) is 24.3 Å². The number of rotatable bonds is 11. The number of hydrogen-bond acceptors (Lipinski definition) is 4. The number of carboxylic acid groups (broad SMARTS) is 1. The highest BCUT2D eigenvalue weighted by Crippen LogP contribution is 2.05. The van der Waals surface area contributed by atoms with Crippen LogP contribution in [0.5, 0.6) is 0 Å². The summed E-state index contributed by atoms with van der Waals surface area (Å²) in [6.07, 6.45) is 10.3. The lowest BCUT2D eigenvalue weighted by Gasteiger charge is -2.28. The third-order valence-corrected chi connectivity index (χ3v) is 2.88. The molecule has 0 bridgehead atoms. The van der Waals surface area contributed by atoms with Gasteiger partial charge in [-0.2, -0.15) is 0 Å². The molecule has 0 aliphatic heterocycles. The van der Waals surface area contributed by atoms with E-state index < -0.39 is 18.0 Å². The predicted octanol–water partition coefficient (Wildman–Crippen LogP) is 1.44. The summed E-state index contributed by atoms with van der Waals surface area (Å²) >= 11 is 0. The Kier molecular flexibility index (Phi) is 10.2. The zero-order valence-corrected chi connectivity index (χ0v) is 14.2. The lowest BCUT2D eigenvalue weighted by Crippen LogP contribution is -2.45. The Morgan fingerprint density at radius 2 is 1.86 bits per heavy atom. The topological polar surface area (TPSA) is 66.4 Å². The van der Waals surface area contributed by atoms with Crippen LogP contribution >= 0.6 is 0 Å². The monoisotopic (exact) mass is 311 g/mol. The quantitative estimate of drug-likeness (QED) is 0.190. The third kappa shape index (κ3) is 13.4. The average molecular weight is 311 g/mol. The summed E-state index contributed by atoms with van der Waals surface area (Å²) in [4.78, 5) is 22.4. The van der Waals surface area contributed by atoms with Gasteiger partial charge in [-0.3, -0.25) is 0 Å². The number of quaternary nitrogens is 1. The average Bonchev–Trinajstić information content (AvgIpc) is 2.34. The fourth-order valence-corrected chi connectivity index (χ4v) is 1.96. The number of nitrogens with zero attached hydrogens (tertiary/aromatic N) is 1. The molecule has 0 fully saturated rings. The molecule has 0 amide bonds. The number of aliphatic carboxylic acids is 1. The summed E-state index contributed by atoms with van der Waals surface area (Å²) in [5.41, 5.74) is 0. The normalized spacial score (nSPS) is 13.6. The van der Waals surface area contributed by atoms with Crippen LogP contribution in [0.1, 0.15) is 39.0 Å². The second kappa shape index (κ2) is 11.0. The molecule has 0 aromatic carbocycles. The van der Waals surface area contributed by atoms with Crippen molar-refractivity contribution < 1.29 is 23.9 Å². The second-order valence-electron chi connectivity index (χ2n) is 6.39. The fraction of sp³-hybridized carbons (Fsp3) is 0.647. The second-order valence-corrected chi connectivity index (χ2v) is 6.39. The number of carbonyl (C=O) groups is 2. The molecule has 0 aromatic heterocycles. The minimum atomic E-state index is -1.22. The van der Waals surface area contributed by atoms with Crippen molar-refractivity contribution in [3.63, 3.8) is 0 Å². The zero-order valence-electron chi connectivity index (χ0n) is 14.2. The molecular weight excluding hydrogens is 282 g/mol. The molecule has 0 aliphatic carbocycles. The number of carboxylic acids is 1. The molecule has 126 valence electrons. The van der Waals surface area contributed by atoms with Gasteiger partial charge >= 0.3 is 5.97 Å². The van der Waals surface area contributed by atoms with Crippen LogP contribution in [-0.4, -0.2) is 50.2 Å². The summed E-state index contributed by atoms with van der Waals surface area (Å²) in [5, 5.41) is 10.7. The highest BCUT2D eigenvalue weighted by molar-refractivity contribution is 5.82. The van der Waals surface area contributed by atoms with Crippen LogP contribution in [-0.2, 0) is 14.3 Å². The van der Waals surface area contributed by atoms with Gasteiger partial charge in [-0.1, -0.05) is 38.0 Å². The van der Waals surface area contributed by atoms with E-state index in [9.17, 15) is 14.7 Å². The predicted molar refractivity (Wildman–Crippen MR) is 84.8 cm³/mol. The van der Waals surface area contributed by atoms with Crippen molar-refractivity contribution in [3.05, 3.63) is 24.3 Å². The van der Waals surface area contributed by atoms with E-state index in [0.717, 1.165) is 12.8 Å². The Labute approximate surface area is 133 Å². The Hall–Kier alpha value is -1.62. The van der Waals surface area contributed by atoms with Gasteiger partial charge in [-0.15, -0.1) is 0 Å². The van der Waals surface area contributed by atoms with Gasteiger partial charge in [0.25, 0.3) is 0 Å². The standard InChI is InChI=1S/C17H29NO4/c1-5-6-7-8-9-10-11-12-17(21)22-15(13-16(19)20)14-18(2,3)4/h9-12,15H,5-8,13-14H2,1-4H3/b10-9-,12-11+/t15-/m0/s1. The molecule has 0 aliphatic rings. The minimum absolute atomic E-state index is 0.290. The molecule has 5 heteroatoms. The van der Waals surface area contributed by atoms with Crippen LogP contribution in [0, 0.1) is 0 Å². The van der Waals surface area contributed by atoms with Crippen molar-refractivity contribution in [2.24, 2.45) is 0 Å². The first-order valence-corrected chi connectivity index (χ1v) is 7.78. The van der Waals surface area contributed by atoms with Crippen LogP contribution in [0.3, 0.4) is 0 Å². The molecule has 1 atom stereocenters. The molecular formula is C17H29NO4. The van der Waals surface area contributed by atoms with Gasteiger partial charge in [0.2, 0.25) is 0 Å². The lowest BCUT2D eigenvalue weighted by atomic mass is 10.2. The molecule has 0 aromatic rings. The largest absolute Gasteiger partial charge is 0.550 e. The van der Waals surface area contributed by atoms with E-state index in [1.807, 2.05) is 33.3 Å². The van der Waals surface area contributed by atoms with Gasteiger partial charge in [0.05, 0.1) is 21.1 Å². The summed E-state index contributed by atoms with van der Waals surface area (Å²) in [6, 6.07) is 0. The van der Waals surface area contributed by atoms with Gasteiger partial charge in [-0.25, -0.2) is 4.79 Å². The Bertz CT molecular complexity index is 394. The molecule has 0 saturated carbocycles. The summed E-state index contributed by atoms with van der Waals surface area (Å²) in [7, 11) is 5.72. The Morgan fingerprint density at radius 3 is 2.41 bits per heavy atom. The van der Waals surface area contributed by atoms with E-state index in [-0.39, 0.29) is 6.42 Å². The molecule has 0 rings (SSSR count). The molecule has 0 heterocycles. The smallest absolute Gasteiger partial charge is 0.331 e. The molecule has 5 nitrogen and oxygen atoms in total. The van der Waals surface area contributed by atoms with Gasteiger partial charge in [0.15, 0.2) is 6.10 Å². The lowest BCUT2D eigenvalue weighted by molar-refractivity contribution is -0.873. The van der Waals surface area contributed by atoms with Crippen LogP contribution < -0.4 is 5.11 Å². The highest BCUT2D eigenvalue weighted by Gasteiger charge is 2.21. The Morgan fingerprint density at radius 1 is 1.18 bits per heavy atom. The molecule has 0 unspecified atom stereocenters. The van der Waals surface area contributed by atoms with Crippen LogP contribution in [0.25, 0.3) is 0 Å². The third-order valence-electron chi connectivity index (χ3n) is 2.88. The first-order valence-electron chi connectivity index (χ1n) is 7.78. The number of allylic oxidation sites excluding steroid dienone is 3. The zero-order chi connectivity index (χ0) is 17.0. The van der Waals surface area contributed by atoms with Crippen LogP contribution in [0.4, 0.5) is 0 Å². The van der Waals surface area contributed by atoms with E-state index in [1.54, 1.807) is 6.08 Å². The van der Waals surface area contributed by atoms with Crippen molar-refractivity contribution in [1.82, 2.24) is 0 Å². The number of hydrogen-bond donors (Lipinski definition) is 0. The molecule has 0 N–H and O–H groups in total. The van der Waals surface area contributed by atoms with Gasteiger partial charge in [0.1, 0.15) is 6.54 Å².